The Hall–Kier alpha value is -2.27. The first-order valence-electron chi connectivity index (χ1n) is 9.31. The lowest BCUT2D eigenvalue weighted by molar-refractivity contribution is -0.137. The van der Waals surface area contributed by atoms with Crippen LogP contribution >= 0.6 is 0 Å². The first-order valence-corrected chi connectivity index (χ1v) is 9.31. The van der Waals surface area contributed by atoms with Crippen LogP contribution in [-0.4, -0.2) is 44.2 Å². The van der Waals surface area contributed by atoms with Crippen molar-refractivity contribution in [1.82, 2.24) is 4.90 Å². The van der Waals surface area contributed by atoms with Crippen molar-refractivity contribution in [3.8, 4) is 5.75 Å². The van der Waals surface area contributed by atoms with E-state index >= 15 is 0 Å². The van der Waals surface area contributed by atoms with E-state index in [1.807, 2.05) is 6.07 Å². The van der Waals surface area contributed by atoms with Gasteiger partial charge in [0.15, 0.2) is 0 Å². The summed E-state index contributed by atoms with van der Waals surface area (Å²) in [5.74, 6) is 0.819. The Morgan fingerprint density at radius 3 is 2.96 bits per heavy atom. The molecular weight excluding hydrogens is 328 g/mol. The molecule has 1 aromatic rings. The van der Waals surface area contributed by atoms with E-state index in [4.69, 9.17) is 9.47 Å². The van der Waals surface area contributed by atoms with Crippen LogP contribution in [0, 0.1) is 5.92 Å². The average molecular weight is 352 g/mol. The van der Waals surface area contributed by atoms with Crippen LogP contribution in [0.3, 0.4) is 0 Å². The maximum atomic E-state index is 12.8. The van der Waals surface area contributed by atoms with Crippen molar-refractivity contribution in [2.75, 3.05) is 32.6 Å². The number of nitrogens with one attached hydrogen (secondary N) is 1. The smallest absolute Gasteiger partial charge is 0.336 e. The van der Waals surface area contributed by atoms with Gasteiger partial charge in [-0.25, -0.2) is 4.79 Å². The van der Waals surface area contributed by atoms with Crippen LogP contribution in [0.5, 0.6) is 5.75 Å². The number of fused-ring (bicyclic) bond motifs is 2. The zero-order chi connectivity index (χ0) is 18.1. The molecule has 2 bridgehead atoms. The first kappa shape index (κ1) is 15.9. The van der Waals surface area contributed by atoms with Crippen LogP contribution < -0.4 is 10.1 Å². The second kappa shape index (κ2) is 5.36. The number of piperidine rings is 1. The number of methoxy groups -OCH3 is 2. The van der Waals surface area contributed by atoms with Crippen LogP contribution in [0.2, 0.25) is 0 Å². The molecule has 5 heteroatoms. The van der Waals surface area contributed by atoms with E-state index < -0.39 is 0 Å². The predicted octanol–water partition coefficient (Wildman–Crippen LogP) is 2.84. The number of hydrogen-bond donors (Lipinski definition) is 1. The van der Waals surface area contributed by atoms with E-state index in [9.17, 15) is 4.79 Å². The molecule has 1 aromatic carbocycles. The molecule has 5 rings (SSSR count). The van der Waals surface area contributed by atoms with E-state index in [2.05, 4.69) is 35.3 Å². The fourth-order valence-electron chi connectivity index (χ4n) is 5.76. The number of nitrogens with zero attached hydrogens (tertiary/aromatic N) is 1. The summed E-state index contributed by atoms with van der Waals surface area (Å²) in [5, 5.41) is 3.61. The molecule has 0 amide bonds. The van der Waals surface area contributed by atoms with Gasteiger partial charge in [-0.3, -0.25) is 4.90 Å². The highest BCUT2D eigenvalue weighted by atomic mass is 16.5. The van der Waals surface area contributed by atoms with Crippen molar-refractivity contribution < 1.29 is 14.3 Å². The van der Waals surface area contributed by atoms with Crippen LogP contribution in [0.4, 0.5) is 5.69 Å². The third-order valence-electron chi connectivity index (χ3n) is 6.90. The van der Waals surface area contributed by atoms with Gasteiger partial charge in [0.2, 0.25) is 0 Å². The summed E-state index contributed by atoms with van der Waals surface area (Å²) in [6, 6.07) is 6.63. The summed E-state index contributed by atoms with van der Waals surface area (Å²) in [7, 11) is 3.19. The highest BCUT2D eigenvalue weighted by Crippen LogP contribution is 2.61. The van der Waals surface area contributed by atoms with Crippen molar-refractivity contribution in [2.24, 2.45) is 5.92 Å². The molecule has 2 saturated heterocycles. The molecule has 0 saturated carbocycles. The van der Waals surface area contributed by atoms with Crippen molar-refractivity contribution in [1.29, 1.82) is 0 Å². The second-order valence-corrected chi connectivity index (χ2v) is 7.68. The van der Waals surface area contributed by atoms with Crippen molar-refractivity contribution in [3.63, 3.8) is 0 Å². The van der Waals surface area contributed by atoms with Gasteiger partial charge in [0, 0.05) is 36.4 Å². The van der Waals surface area contributed by atoms with E-state index in [-0.39, 0.29) is 17.3 Å². The van der Waals surface area contributed by atoms with Crippen LogP contribution in [0.15, 0.2) is 41.1 Å². The maximum absolute atomic E-state index is 12.8. The van der Waals surface area contributed by atoms with Crippen molar-refractivity contribution in [3.05, 3.63) is 46.7 Å². The quantitative estimate of drug-likeness (QED) is 0.655. The Balaban J connectivity index is 1.80. The molecular formula is C21H24N2O3. The van der Waals surface area contributed by atoms with Gasteiger partial charge in [-0.1, -0.05) is 11.6 Å². The number of carbonyl (C=O) groups is 1. The minimum atomic E-state index is -0.199. The van der Waals surface area contributed by atoms with E-state index in [0.717, 1.165) is 48.6 Å². The standard InChI is InChI=1S/C21H24N2O3/c1-4-12-11-23-8-7-21-15-9-13(25-2)5-6-16(15)22-19(21)18(20(24)26-3)14(12)10-17(21)23/h4-6,9,14,17,22H,7-8,10-11H2,1-3H3/t14-,17-,21+/m0/s1. The highest BCUT2D eigenvalue weighted by Gasteiger charge is 2.62. The first-order chi connectivity index (χ1) is 12.6. The molecule has 0 radical (unpaired) electrons. The summed E-state index contributed by atoms with van der Waals surface area (Å²) >= 11 is 0. The topological polar surface area (TPSA) is 50.8 Å². The zero-order valence-corrected chi connectivity index (χ0v) is 15.5. The van der Waals surface area contributed by atoms with Gasteiger partial charge in [0.1, 0.15) is 5.75 Å². The molecule has 0 unspecified atom stereocenters. The van der Waals surface area contributed by atoms with Crippen LogP contribution in [0.1, 0.15) is 25.3 Å². The molecule has 4 aliphatic rings. The monoisotopic (exact) mass is 352 g/mol. The van der Waals surface area contributed by atoms with Crippen molar-refractivity contribution in [2.45, 2.75) is 31.2 Å². The number of carbonyl (C=O) groups excluding carboxylic acids is 1. The highest BCUT2D eigenvalue weighted by molar-refractivity contribution is 5.94. The predicted molar refractivity (Wildman–Crippen MR) is 99.2 cm³/mol. The summed E-state index contributed by atoms with van der Waals surface area (Å²) < 4.78 is 10.7. The van der Waals surface area contributed by atoms with E-state index in [0.29, 0.717) is 6.04 Å². The normalized spacial score (nSPS) is 33.0. The summed E-state index contributed by atoms with van der Waals surface area (Å²) in [5.41, 5.74) is 5.44. The number of rotatable bonds is 2. The molecule has 3 heterocycles. The largest absolute Gasteiger partial charge is 0.497 e. The molecule has 0 aromatic heterocycles. The SMILES string of the molecule is CC=C1CN2CC[C@]34C(=C(C(=O)OC)[C@H]1C[C@H]23)Nc1ccc(OC)cc14. The number of anilines is 1. The molecule has 1 aliphatic carbocycles. The summed E-state index contributed by atoms with van der Waals surface area (Å²) in [6.07, 6.45) is 4.18. The fourth-order valence-corrected chi connectivity index (χ4v) is 5.76. The second-order valence-electron chi connectivity index (χ2n) is 7.68. The molecule has 5 nitrogen and oxygen atoms in total. The van der Waals surface area contributed by atoms with Gasteiger partial charge in [-0.05, 0) is 43.5 Å². The van der Waals surface area contributed by atoms with Crippen LogP contribution in [0.25, 0.3) is 0 Å². The Kier molecular flexibility index (Phi) is 3.29. The lowest BCUT2D eigenvalue weighted by Crippen LogP contribution is -2.53. The Morgan fingerprint density at radius 2 is 2.23 bits per heavy atom. The number of benzene rings is 1. The number of ether oxygens (including phenoxy) is 2. The zero-order valence-electron chi connectivity index (χ0n) is 15.5. The molecule has 1 N–H and O–H groups in total. The molecule has 1 spiro atoms. The third-order valence-corrected chi connectivity index (χ3v) is 6.90. The van der Waals surface area contributed by atoms with Gasteiger partial charge in [0.25, 0.3) is 0 Å². The lowest BCUT2D eigenvalue weighted by Gasteiger charge is -2.48. The van der Waals surface area contributed by atoms with Gasteiger partial charge >= 0.3 is 5.97 Å². The molecule has 2 fully saturated rings. The van der Waals surface area contributed by atoms with Gasteiger partial charge < -0.3 is 14.8 Å². The Labute approximate surface area is 153 Å². The lowest BCUT2D eigenvalue weighted by atomic mass is 9.62. The summed E-state index contributed by atoms with van der Waals surface area (Å²) in [6.45, 7) is 4.07. The molecule has 3 aliphatic heterocycles. The van der Waals surface area contributed by atoms with Crippen LogP contribution in [-0.2, 0) is 14.9 Å². The average Bonchev–Trinajstić information content (AvgIpc) is 3.23. The van der Waals surface area contributed by atoms with Crippen molar-refractivity contribution >= 4 is 11.7 Å². The van der Waals surface area contributed by atoms with E-state index in [1.165, 1.54) is 18.2 Å². The minimum Gasteiger partial charge on any atom is -0.497 e. The summed E-state index contributed by atoms with van der Waals surface area (Å²) in [4.78, 5) is 15.4. The Bertz CT molecular complexity index is 872. The van der Waals surface area contributed by atoms with Gasteiger partial charge in [0.05, 0.1) is 25.2 Å². The molecule has 26 heavy (non-hydrogen) atoms. The Morgan fingerprint density at radius 1 is 1.38 bits per heavy atom. The number of esters is 1. The van der Waals surface area contributed by atoms with Gasteiger partial charge in [-0.2, -0.15) is 0 Å². The molecule has 136 valence electrons. The minimum absolute atomic E-state index is 0.150. The maximum Gasteiger partial charge on any atom is 0.336 e. The number of hydrogen-bond acceptors (Lipinski definition) is 5. The van der Waals surface area contributed by atoms with Gasteiger partial charge in [-0.15, -0.1) is 0 Å². The fraction of sp³-hybridized carbons (Fsp3) is 0.476. The number of allylic oxidation sites excluding steroid dienone is 1. The molecule has 3 atom stereocenters. The van der Waals surface area contributed by atoms with E-state index in [1.54, 1.807) is 7.11 Å². The third kappa shape index (κ3) is 1.77.